The van der Waals surface area contributed by atoms with Crippen molar-refractivity contribution in [2.75, 3.05) is 0 Å². The third kappa shape index (κ3) is 8.33. The first-order valence-electron chi connectivity index (χ1n) is 23.3. The molecule has 352 valence electrons. The van der Waals surface area contributed by atoms with Crippen LogP contribution in [-0.2, 0) is 0 Å². The molecule has 12 aromatic rings. The van der Waals surface area contributed by atoms with Gasteiger partial charge in [-0.15, -0.1) is 0 Å². The van der Waals surface area contributed by atoms with Crippen molar-refractivity contribution in [1.29, 1.82) is 0 Å². The first-order valence-corrected chi connectivity index (χ1v) is 33.3. The van der Waals surface area contributed by atoms with E-state index in [4.69, 9.17) is 27.1 Å². The zero-order chi connectivity index (χ0) is 48.7. The Bertz CT molecular complexity index is 3920. The van der Waals surface area contributed by atoms with Gasteiger partial charge in [-0.2, -0.15) is 0 Å². The standard InChI is InChI=1S/C60H36O6P2S3Se2/c72-67(61-49-31-25-37-13-1-7-19-43(37)55(49)69-56-44-20-8-2-14-38(44)26-32-50(56)62-67)65-53-35-29-41-17-5-11-23-47(41)59(53)71-60-48-24-12-6-18-42(48)30-36-54(60)66-68(73)63-51-33-27-39-15-3-9-21-45(39)57(51)70-58-46-22-10-4-16-40(46)28-34-52(58)64-68/h1-36H. The summed E-state index contributed by atoms with van der Waals surface area (Å²) in [6, 6.07) is 75.0. The van der Waals surface area contributed by atoms with E-state index in [0.717, 1.165) is 94.0 Å². The molecular formula is C60H36O6P2S3Se2. The fourth-order valence-electron chi connectivity index (χ4n) is 9.54. The molecule has 2 aliphatic rings. The summed E-state index contributed by atoms with van der Waals surface area (Å²) in [4.78, 5) is 5.67. The van der Waals surface area contributed by atoms with Gasteiger partial charge >= 0.3 is 452 Å². The van der Waals surface area contributed by atoms with Gasteiger partial charge in [-0.3, -0.25) is 0 Å². The summed E-state index contributed by atoms with van der Waals surface area (Å²) in [6.45, 7) is 0. The molecule has 6 nitrogen and oxygen atoms in total. The molecule has 0 spiro atoms. The van der Waals surface area contributed by atoms with E-state index in [1.807, 2.05) is 36.4 Å². The van der Waals surface area contributed by atoms with Crippen molar-refractivity contribution in [3.05, 3.63) is 218 Å². The van der Waals surface area contributed by atoms with Crippen LogP contribution in [0.15, 0.2) is 248 Å². The van der Waals surface area contributed by atoms with Crippen molar-refractivity contribution in [3.8, 4) is 34.5 Å². The second-order valence-electron chi connectivity index (χ2n) is 17.4. The van der Waals surface area contributed by atoms with Crippen molar-refractivity contribution in [1.82, 2.24) is 0 Å². The summed E-state index contributed by atoms with van der Waals surface area (Å²) >= 11 is 11.6. The molecule has 0 amide bonds. The number of rotatable bonds is 6. The third-order valence-corrected chi connectivity index (χ3v) is 22.0. The zero-order valence-corrected chi connectivity index (χ0v) is 45.8. The van der Waals surface area contributed by atoms with Gasteiger partial charge < -0.3 is 0 Å². The van der Waals surface area contributed by atoms with Crippen molar-refractivity contribution in [3.63, 3.8) is 0 Å². The average Bonchev–Trinajstić information content (AvgIpc) is 3.41. The van der Waals surface area contributed by atoms with Gasteiger partial charge in [0.15, 0.2) is 0 Å². The Labute approximate surface area is 448 Å². The molecule has 0 atom stereocenters. The van der Waals surface area contributed by atoms with Crippen LogP contribution in [0.5, 0.6) is 34.5 Å². The van der Waals surface area contributed by atoms with E-state index >= 15 is 0 Å². The van der Waals surface area contributed by atoms with Crippen LogP contribution >= 0.6 is 47.7 Å². The number of fused-ring (bicyclic) bond motifs is 14. The summed E-state index contributed by atoms with van der Waals surface area (Å²) in [7, 11) is 0. The molecule has 0 unspecified atom stereocenters. The number of hydrogen-bond acceptors (Lipinski definition) is 9. The van der Waals surface area contributed by atoms with Crippen molar-refractivity contribution in [2.24, 2.45) is 0 Å². The van der Waals surface area contributed by atoms with Crippen molar-refractivity contribution >= 4 is 142 Å². The molecule has 14 rings (SSSR count). The van der Waals surface area contributed by atoms with Gasteiger partial charge in [0, 0.05) is 0 Å². The summed E-state index contributed by atoms with van der Waals surface area (Å²) in [5.41, 5.74) is 0. The Kier molecular flexibility index (Phi) is 11.5. The molecule has 2 aliphatic heterocycles. The van der Waals surface area contributed by atoms with Gasteiger partial charge in [-0.25, -0.2) is 0 Å². The Morgan fingerprint density at radius 2 is 0.548 bits per heavy atom. The van der Waals surface area contributed by atoms with E-state index in [9.17, 15) is 0 Å². The van der Waals surface area contributed by atoms with E-state index in [1.165, 1.54) is 0 Å². The van der Waals surface area contributed by atoms with Crippen molar-refractivity contribution in [2.45, 2.75) is 29.4 Å². The van der Waals surface area contributed by atoms with Gasteiger partial charge in [-0.1, -0.05) is 0 Å². The van der Waals surface area contributed by atoms with Gasteiger partial charge in [-0.05, 0) is 0 Å². The molecule has 12 aromatic carbocycles. The number of hydrogen-bond donors (Lipinski definition) is 0. The van der Waals surface area contributed by atoms with E-state index in [2.05, 4.69) is 212 Å². The molecule has 0 fully saturated rings. The Morgan fingerprint density at radius 1 is 0.301 bits per heavy atom. The van der Waals surface area contributed by atoms with Crippen LogP contribution in [0.1, 0.15) is 0 Å². The number of benzene rings is 12. The molecule has 0 saturated heterocycles. The van der Waals surface area contributed by atoms with E-state index in [-0.39, 0.29) is 0 Å². The average molecular weight is 1170 g/mol. The minimum absolute atomic E-state index is 0.581. The molecule has 0 radical (unpaired) electrons. The SMILES string of the molecule is [Se]=P1(Oc2ccc3ccccc3c2Sc2c(OP3(=[Se])Oc4ccc5ccccc5c4Sc4c(ccc5ccccc45)O3)ccc3ccccc23)Oc2ccc3ccccc3c2Sc2c(ccc3ccccc23)O1. The van der Waals surface area contributed by atoms with E-state index in [0.29, 0.717) is 34.5 Å². The third-order valence-electron chi connectivity index (χ3n) is 12.9. The fourth-order valence-corrected chi connectivity index (χ4v) is 19.2. The maximum absolute atomic E-state index is 7.32. The molecule has 0 N–H and O–H groups in total. The molecule has 0 bridgehead atoms. The topological polar surface area (TPSA) is 55.4 Å². The van der Waals surface area contributed by atoms with Crippen LogP contribution in [0.25, 0.3) is 64.6 Å². The molecule has 73 heavy (non-hydrogen) atoms. The summed E-state index contributed by atoms with van der Waals surface area (Å²) in [5, 5.41) is 12.9. The summed E-state index contributed by atoms with van der Waals surface area (Å²) in [5.74, 6) is 3.84. The van der Waals surface area contributed by atoms with Crippen LogP contribution in [-0.4, -0.2) is 30.2 Å². The molecule has 0 aliphatic carbocycles. The van der Waals surface area contributed by atoms with Crippen LogP contribution in [0, 0.1) is 0 Å². The maximum atomic E-state index is 7.32. The zero-order valence-electron chi connectivity index (χ0n) is 38.2. The quantitative estimate of drug-likeness (QED) is 0.120. The molecule has 0 aromatic heterocycles. The summed E-state index contributed by atoms with van der Waals surface area (Å²) < 4.78 is 43.0. The Hall–Kier alpha value is -6.05. The molecule has 0 saturated carbocycles. The van der Waals surface area contributed by atoms with Gasteiger partial charge in [0.1, 0.15) is 0 Å². The Morgan fingerprint density at radius 3 is 0.849 bits per heavy atom. The molecular weight excluding hydrogens is 1130 g/mol. The monoisotopic (exact) mass is 1170 g/mol. The first kappa shape index (κ1) is 45.6. The van der Waals surface area contributed by atoms with Gasteiger partial charge in [0.05, 0.1) is 0 Å². The minimum atomic E-state index is -3.42. The van der Waals surface area contributed by atoms with Gasteiger partial charge in [0.2, 0.25) is 0 Å². The molecule has 2 heterocycles. The first-order chi connectivity index (χ1) is 35.8. The van der Waals surface area contributed by atoms with E-state index < -0.39 is 12.4 Å². The van der Waals surface area contributed by atoms with Crippen LogP contribution < -0.4 is 27.1 Å². The van der Waals surface area contributed by atoms with Gasteiger partial charge in [0.25, 0.3) is 0 Å². The summed E-state index contributed by atoms with van der Waals surface area (Å²) in [6.07, 6.45) is -6.83. The molecule has 13 heteroatoms. The second-order valence-corrected chi connectivity index (χ2v) is 29.0. The van der Waals surface area contributed by atoms with Crippen LogP contribution in [0.2, 0.25) is 0 Å². The fraction of sp³-hybridized carbons (Fsp3) is 0. The van der Waals surface area contributed by atoms with Crippen LogP contribution in [0.3, 0.4) is 0 Å². The van der Waals surface area contributed by atoms with Crippen molar-refractivity contribution < 1.29 is 27.1 Å². The Balaban J connectivity index is 0.914. The van der Waals surface area contributed by atoms with E-state index in [1.54, 1.807) is 35.3 Å². The van der Waals surface area contributed by atoms with Crippen LogP contribution in [0.4, 0.5) is 0 Å². The normalized spacial score (nSPS) is 14.5. The predicted octanol–water partition coefficient (Wildman–Crippen LogP) is 18.5. The predicted molar refractivity (Wildman–Crippen MR) is 305 cm³/mol. The second kappa shape index (κ2) is 18.4.